The number of hydrogen-bond acceptors (Lipinski definition) is 4. The molecule has 0 spiro atoms. The van der Waals surface area contributed by atoms with E-state index < -0.39 is 0 Å². The molecule has 0 aliphatic rings. The highest BCUT2D eigenvalue weighted by Gasteiger charge is 2.14. The molecular weight excluding hydrogens is 204 g/mol. The number of nitrogens with two attached hydrogens (primary N) is 1. The molecule has 0 fully saturated rings. The summed E-state index contributed by atoms with van der Waals surface area (Å²) in [6.07, 6.45) is 3.68. The lowest BCUT2D eigenvalue weighted by molar-refractivity contribution is 0.568. The van der Waals surface area contributed by atoms with Crippen LogP contribution < -0.4 is 5.73 Å². The van der Waals surface area contributed by atoms with Gasteiger partial charge < -0.3 is 10.3 Å². The smallest absolute Gasteiger partial charge is 0.169 e. The van der Waals surface area contributed by atoms with Crippen molar-refractivity contribution in [3.8, 4) is 0 Å². The molecular formula is C10H16N6. The van der Waals surface area contributed by atoms with Crippen molar-refractivity contribution in [3.05, 3.63) is 23.9 Å². The Morgan fingerprint density at radius 1 is 1.44 bits per heavy atom. The van der Waals surface area contributed by atoms with Crippen LogP contribution >= 0.6 is 0 Å². The zero-order valence-electron chi connectivity index (χ0n) is 9.75. The third-order valence-corrected chi connectivity index (χ3v) is 2.56. The van der Waals surface area contributed by atoms with E-state index >= 15 is 0 Å². The van der Waals surface area contributed by atoms with E-state index in [4.69, 9.17) is 5.73 Å². The quantitative estimate of drug-likeness (QED) is 0.828. The van der Waals surface area contributed by atoms with Gasteiger partial charge in [0.05, 0.1) is 5.69 Å². The Bertz CT molecular complexity index is 481. The number of aryl methyl sites for hydroxylation is 1. The van der Waals surface area contributed by atoms with E-state index in [0.717, 1.165) is 11.5 Å². The summed E-state index contributed by atoms with van der Waals surface area (Å²) in [4.78, 5) is 4.25. The van der Waals surface area contributed by atoms with Crippen LogP contribution in [-0.2, 0) is 13.6 Å². The Hall–Kier alpha value is -1.85. The topological polar surface area (TPSA) is 74.6 Å². The highest BCUT2D eigenvalue weighted by molar-refractivity contribution is 5.35. The molecule has 2 heterocycles. The zero-order chi connectivity index (χ0) is 11.7. The molecule has 6 heteroatoms. The monoisotopic (exact) mass is 220 g/mol. The fourth-order valence-corrected chi connectivity index (χ4v) is 1.73. The van der Waals surface area contributed by atoms with Crippen molar-refractivity contribution in [2.45, 2.75) is 26.3 Å². The summed E-state index contributed by atoms with van der Waals surface area (Å²) < 4.78 is 3.77. The first kappa shape index (κ1) is 10.7. The maximum atomic E-state index is 5.79. The number of anilines is 1. The van der Waals surface area contributed by atoms with Crippen LogP contribution in [0.15, 0.2) is 12.4 Å². The molecule has 0 saturated carbocycles. The van der Waals surface area contributed by atoms with E-state index in [0.29, 0.717) is 18.3 Å². The van der Waals surface area contributed by atoms with Crippen molar-refractivity contribution in [3.63, 3.8) is 0 Å². The second-order valence-corrected chi connectivity index (χ2v) is 4.13. The molecule has 0 radical (unpaired) electrons. The third kappa shape index (κ3) is 1.78. The number of nitrogen functional groups attached to an aromatic ring is 1. The second-order valence-electron chi connectivity index (χ2n) is 4.13. The van der Waals surface area contributed by atoms with Crippen molar-refractivity contribution in [2.75, 3.05) is 5.73 Å². The lowest BCUT2D eigenvalue weighted by atomic mass is 10.1. The number of rotatable bonds is 3. The molecule has 0 unspecified atom stereocenters. The second kappa shape index (κ2) is 3.96. The van der Waals surface area contributed by atoms with E-state index in [1.807, 2.05) is 22.5 Å². The van der Waals surface area contributed by atoms with Crippen molar-refractivity contribution < 1.29 is 0 Å². The van der Waals surface area contributed by atoms with Gasteiger partial charge in [-0.25, -0.2) is 9.67 Å². The van der Waals surface area contributed by atoms with Gasteiger partial charge in [-0.1, -0.05) is 19.1 Å². The van der Waals surface area contributed by atoms with Gasteiger partial charge in [0, 0.05) is 19.4 Å². The van der Waals surface area contributed by atoms with Gasteiger partial charge in [0.25, 0.3) is 0 Å². The zero-order valence-corrected chi connectivity index (χ0v) is 9.75. The molecule has 2 rings (SSSR count). The fraction of sp³-hybridized carbons (Fsp3) is 0.500. The average Bonchev–Trinajstić information content (AvgIpc) is 2.75. The highest BCUT2D eigenvalue weighted by atomic mass is 15.4. The summed E-state index contributed by atoms with van der Waals surface area (Å²) >= 11 is 0. The van der Waals surface area contributed by atoms with Crippen LogP contribution in [0.4, 0.5) is 5.82 Å². The highest BCUT2D eigenvalue weighted by Crippen LogP contribution is 2.19. The minimum Gasteiger partial charge on any atom is -0.381 e. The van der Waals surface area contributed by atoms with Gasteiger partial charge in [-0.15, -0.1) is 5.10 Å². The first-order chi connectivity index (χ1) is 7.59. The van der Waals surface area contributed by atoms with E-state index in [-0.39, 0.29) is 0 Å². The van der Waals surface area contributed by atoms with Crippen LogP contribution in [0.25, 0.3) is 0 Å². The molecule has 0 aliphatic carbocycles. The number of hydrogen-bond donors (Lipinski definition) is 1. The van der Waals surface area contributed by atoms with Crippen molar-refractivity contribution in [1.82, 2.24) is 24.5 Å². The lowest BCUT2D eigenvalue weighted by Crippen LogP contribution is -2.12. The molecule has 0 aromatic carbocycles. The SMILES string of the molecule is CC(C)c1c(N)nnn1Cc1nccn1C. The predicted octanol–water partition coefficient (Wildman–Crippen LogP) is 0.765. The number of imidazole rings is 1. The molecule has 0 atom stereocenters. The summed E-state index contributed by atoms with van der Waals surface area (Å²) in [5.74, 6) is 1.74. The Labute approximate surface area is 94.1 Å². The number of aromatic nitrogens is 5. The van der Waals surface area contributed by atoms with Crippen LogP contribution in [0.2, 0.25) is 0 Å². The summed E-state index contributed by atoms with van der Waals surface area (Å²) in [5, 5.41) is 7.94. The van der Waals surface area contributed by atoms with Crippen LogP contribution in [0.3, 0.4) is 0 Å². The van der Waals surface area contributed by atoms with Gasteiger partial charge in [0.15, 0.2) is 5.82 Å². The van der Waals surface area contributed by atoms with Crippen molar-refractivity contribution >= 4 is 5.82 Å². The van der Waals surface area contributed by atoms with Crippen LogP contribution in [0.5, 0.6) is 0 Å². The minimum atomic E-state index is 0.301. The first-order valence-corrected chi connectivity index (χ1v) is 5.24. The van der Waals surface area contributed by atoms with Gasteiger partial charge in [-0.2, -0.15) is 0 Å². The van der Waals surface area contributed by atoms with Crippen LogP contribution in [0, 0.1) is 0 Å². The maximum absolute atomic E-state index is 5.79. The summed E-state index contributed by atoms with van der Waals surface area (Å²) in [5.41, 5.74) is 6.75. The molecule has 2 aromatic rings. The fourth-order valence-electron chi connectivity index (χ4n) is 1.73. The van der Waals surface area contributed by atoms with Gasteiger partial charge in [-0.05, 0) is 5.92 Å². The average molecular weight is 220 g/mol. The molecule has 0 saturated heterocycles. The molecule has 6 nitrogen and oxygen atoms in total. The number of nitrogens with zero attached hydrogens (tertiary/aromatic N) is 5. The third-order valence-electron chi connectivity index (χ3n) is 2.56. The molecule has 2 N–H and O–H groups in total. The normalized spacial score (nSPS) is 11.2. The van der Waals surface area contributed by atoms with E-state index in [1.165, 1.54) is 0 Å². The van der Waals surface area contributed by atoms with E-state index in [1.54, 1.807) is 6.20 Å². The first-order valence-electron chi connectivity index (χ1n) is 5.24. The van der Waals surface area contributed by atoms with Gasteiger partial charge >= 0.3 is 0 Å². The predicted molar refractivity (Wildman–Crippen MR) is 60.8 cm³/mol. The lowest BCUT2D eigenvalue weighted by Gasteiger charge is -2.09. The molecule has 0 aliphatic heterocycles. The maximum Gasteiger partial charge on any atom is 0.169 e. The molecule has 0 amide bonds. The molecule has 16 heavy (non-hydrogen) atoms. The van der Waals surface area contributed by atoms with Crippen molar-refractivity contribution in [1.29, 1.82) is 0 Å². The van der Waals surface area contributed by atoms with E-state index in [2.05, 4.69) is 29.1 Å². The Balaban J connectivity index is 2.32. The summed E-state index contributed by atoms with van der Waals surface area (Å²) in [6, 6.07) is 0. The largest absolute Gasteiger partial charge is 0.381 e. The van der Waals surface area contributed by atoms with Crippen LogP contribution in [0.1, 0.15) is 31.3 Å². The van der Waals surface area contributed by atoms with Gasteiger partial charge in [0.1, 0.15) is 12.4 Å². The Kier molecular flexibility index (Phi) is 2.64. The minimum absolute atomic E-state index is 0.301. The summed E-state index contributed by atoms with van der Waals surface area (Å²) in [7, 11) is 1.96. The van der Waals surface area contributed by atoms with Crippen LogP contribution in [-0.4, -0.2) is 24.5 Å². The van der Waals surface area contributed by atoms with Gasteiger partial charge in [-0.3, -0.25) is 0 Å². The Morgan fingerprint density at radius 2 is 2.19 bits per heavy atom. The molecule has 0 bridgehead atoms. The molecule has 2 aromatic heterocycles. The van der Waals surface area contributed by atoms with Gasteiger partial charge in [0.2, 0.25) is 0 Å². The van der Waals surface area contributed by atoms with E-state index in [9.17, 15) is 0 Å². The molecule has 86 valence electrons. The summed E-state index contributed by atoms with van der Waals surface area (Å²) in [6.45, 7) is 4.75. The standard InChI is InChI=1S/C10H16N6/c1-7(2)9-10(11)13-14-16(9)6-8-12-4-5-15(8)3/h4-5,7H,6,11H2,1-3H3. The van der Waals surface area contributed by atoms with Crippen molar-refractivity contribution in [2.24, 2.45) is 7.05 Å². The Morgan fingerprint density at radius 3 is 2.75 bits per heavy atom.